The fourth-order valence-electron chi connectivity index (χ4n) is 5.61. The van der Waals surface area contributed by atoms with Crippen LogP contribution in [0.15, 0.2) is 89.6 Å². The summed E-state index contributed by atoms with van der Waals surface area (Å²) in [5, 5.41) is 7.12. The summed E-state index contributed by atoms with van der Waals surface area (Å²) >= 11 is 0. The second-order valence-electron chi connectivity index (χ2n) is 9.73. The largest absolute Gasteiger partial charge is 0.456 e. The molecule has 0 amide bonds. The SMILES string of the molecule is CC(C)c1ccc(-c2cnc3c(c2)c2cccc4c5cc6c(cc5n3c42)oc2ccccc26)nc1. The molecule has 0 atom stereocenters. The molecule has 0 saturated carbocycles. The zero-order chi connectivity index (χ0) is 23.3. The zero-order valence-corrected chi connectivity index (χ0v) is 19.4. The standard InChI is InChI=1S/C31H21N3O/c1-17(2)18-10-11-26(32-15-18)19-12-25-22-8-5-7-21-23-13-24-20-6-3-4-9-28(20)35-29(24)14-27(23)34(30(21)22)31(25)33-16-19/h3-17H,1-2H3. The van der Waals surface area contributed by atoms with Crippen LogP contribution in [0.2, 0.25) is 0 Å². The second-order valence-corrected chi connectivity index (χ2v) is 9.73. The number of fused-ring (bicyclic) bond motifs is 9. The van der Waals surface area contributed by atoms with E-state index in [1.54, 1.807) is 0 Å². The van der Waals surface area contributed by atoms with Crippen LogP contribution in [0.5, 0.6) is 0 Å². The summed E-state index contributed by atoms with van der Waals surface area (Å²) in [5.41, 5.74) is 8.34. The van der Waals surface area contributed by atoms with Gasteiger partial charge in [-0.1, -0.05) is 56.3 Å². The maximum Gasteiger partial charge on any atom is 0.145 e. The predicted molar refractivity (Wildman–Crippen MR) is 143 cm³/mol. The van der Waals surface area contributed by atoms with Crippen LogP contribution in [0, 0.1) is 0 Å². The van der Waals surface area contributed by atoms with Gasteiger partial charge >= 0.3 is 0 Å². The van der Waals surface area contributed by atoms with E-state index in [-0.39, 0.29) is 0 Å². The fourth-order valence-corrected chi connectivity index (χ4v) is 5.61. The lowest BCUT2D eigenvalue weighted by Gasteiger charge is -2.06. The highest BCUT2D eigenvalue weighted by Crippen LogP contribution is 2.42. The first-order chi connectivity index (χ1) is 17.2. The van der Waals surface area contributed by atoms with E-state index in [1.165, 1.54) is 27.2 Å². The van der Waals surface area contributed by atoms with Crippen LogP contribution in [-0.4, -0.2) is 14.4 Å². The molecule has 0 saturated heterocycles. The van der Waals surface area contributed by atoms with Gasteiger partial charge in [0.2, 0.25) is 0 Å². The molecule has 4 heteroatoms. The highest BCUT2D eigenvalue weighted by Gasteiger charge is 2.20. The van der Waals surface area contributed by atoms with E-state index < -0.39 is 0 Å². The fraction of sp³-hybridized carbons (Fsp3) is 0.0968. The van der Waals surface area contributed by atoms with Crippen LogP contribution in [0.1, 0.15) is 25.3 Å². The maximum atomic E-state index is 6.22. The normalized spacial score (nSPS) is 12.5. The third-order valence-corrected chi connectivity index (χ3v) is 7.40. The van der Waals surface area contributed by atoms with Crippen molar-refractivity contribution in [1.82, 2.24) is 14.4 Å². The Balaban J connectivity index is 1.44. The zero-order valence-electron chi connectivity index (χ0n) is 19.4. The van der Waals surface area contributed by atoms with E-state index in [0.717, 1.165) is 49.7 Å². The summed E-state index contributed by atoms with van der Waals surface area (Å²) in [6, 6.07) is 25.7. The Morgan fingerprint density at radius 2 is 1.51 bits per heavy atom. The van der Waals surface area contributed by atoms with Crippen LogP contribution in [0.4, 0.5) is 0 Å². The van der Waals surface area contributed by atoms with E-state index in [9.17, 15) is 0 Å². The van der Waals surface area contributed by atoms with Crippen molar-refractivity contribution in [3.05, 3.63) is 90.8 Å². The number of hydrogen-bond acceptors (Lipinski definition) is 3. The van der Waals surface area contributed by atoms with Gasteiger partial charge in [-0.15, -0.1) is 0 Å². The summed E-state index contributed by atoms with van der Waals surface area (Å²) in [4.78, 5) is 9.70. The summed E-state index contributed by atoms with van der Waals surface area (Å²) in [7, 11) is 0. The van der Waals surface area contributed by atoms with Crippen molar-refractivity contribution in [1.29, 1.82) is 0 Å². The van der Waals surface area contributed by atoms with Gasteiger partial charge in [0, 0.05) is 56.3 Å². The summed E-state index contributed by atoms with van der Waals surface area (Å²) in [6.07, 6.45) is 3.92. The minimum Gasteiger partial charge on any atom is -0.456 e. The average Bonchev–Trinajstić information content (AvgIpc) is 3.53. The minimum absolute atomic E-state index is 0.463. The molecular formula is C31H21N3O. The Labute approximate surface area is 200 Å². The van der Waals surface area contributed by atoms with Crippen LogP contribution in [-0.2, 0) is 0 Å². The van der Waals surface area contributed by atoms with Gasteiger partial charge < -0.3 is 4.42 Å². The lowest BCUT2D eigenvalue weighted by Crippen LogP contribution is -1.91. The molecule has 5 aromatic heterocycles. The Kier molecular flexibility index (Phi) is 3.56. The molecular weight excluding hydrogens is 430 g/mol. The van der Waals surface area contributed by atoms with Crippen LogP contribution >= 0.6 is 0 Å². The molecule has 166 valence electrons. The smallest absolute Gasteiger partial charge is 0.145 e. The van der Waals surface area contributed by atoms with Gasteiger partial charge in [-0.05, 0) is 35.7 Å². The topological polar surface area (TPSA) is 43.3 Å². The number of aromatic nitrogens is 3. The number of hydrogen-bond donors (Lipinski definition) is 0. The third kappa shape index (κ3) is 2.46. The summed E-state index contributed by atoms with van der Waals surface area (Å²) < 4.78 is 8.52. The monoisotopic (exact) mass is 451 g/mol. The molecule has 0 aliphatic heterocycles. The van der Waals surface area contributed by atoms with E-state index >= 15 is 0 Å². The number of para-hydroxylation sites is 2. The molecule has 0 radical (unpaired) electrons. The minimum atomic E-state index is 0.463. The molecule has 0 aliphatic rings. The van der Waals surface area contributed by atoms with Crippen molar-refractivity contribution in [3.63, 3.8) is 0 Å². The van der Waals surface area contributed by atoms with E-state index in [2.05, 4.69) is 78.9 Å². The lowest BCUT2D eigenvalue weighted by molar-refractivity contribution is 0.669. The molecule has 8 aromatic rings. The Hall–Kier alpha value is -4.44. The van der Waals surface area contributed by atoms with Crippen molar-refractivity contribution < 1.29 is 4.42 Å². The van der Waals surface area contributed by atoms with Crippen molar-refractivity contribution in [2.24, 2.45) is 0 Å². The second kappa shape index (κ2) is 6.57. The van der Waals surface area contributed by atoms with Crippen LogP contribution < -0.4 is 0 Å². The van der Waals surface area contributed by atoms with Gasteiger partial charge in [0.25, 0.3) is 0 Å². The summed E-state index contributed by atoms with van der Waals surface area (Å²) in [6.45, 7) is 4.37. The molecule has 0 fully saturated rings. The third-order valence-electron chi connectivity index (χ3n) is 7.40. The number of pyridine rings is 2. The number of furan rings is 1. The van der Waals surface area contributed by atoms with Crippen LogP contribution in [0.25, 0.3) is 71.4 Å². The predicted octanol–water partition coefficient (Wildman–Crippen LogP) is 8.32. The van der Waals surface area contributed by atoms with Gasteiger partial charge in [0.15, 0.2) is 0 Å². The Morgan fingerprint density at radius 3 is 2.34 bits per heavy atom. The molecule has 0 aliphatic carbocycles. The number of benzene rings is 3. The van der Waals surface area contributed by atoms with Crippen molar-refractivity contribution in [2.45, 2.75) is 19.8 Å². The Bertz CT molecular complexity index is 2080. The lowest BCUT2D eigenvalue weighted by atomic mass is 10.0. The molecule has 4 nitrogen and oxygen atoms in total. The molecule has 35 heavy (non-hydrogen) atoms. The van der Waals surface area contributed by atoms with Gasteiger partial charge in [-0.3, -0.25) is 9.38 Å². The summed E-state index contributed by atoms with van der Waals surface area (Å²) in [5.74, 6) is 0.463. The first-order valence-corrected chi connectivity index (χ1v) is 12.0. The van der Waals surface area contributed by atoms with E-state index in [4.69, 9.17) is 14.4 Å². The van der Waals surface area contributed by atoms with Crippen molar-refractivity contribution >= 4 is 60.2 Å². The highest BCUT2D eigenvalue weighted by atomic mass is 16.3. The van der Waals surface area contributed by atoms with Gasteiger partial charge in [0.1, 0.15) is 16.8 Å². The molecule has 0 bridgehead atoms. The van der Waals surface area contributed by atoms with E-state index in [0.29, 0.717) is 5.92 Å². The molecule has 0 N–H and O–H groups in total. The van der Waals surface area contributed by atoms with Gasteiger partial charge in [-0.25, -0.2) is 4.98 Å². The number of rotatable bonds is 2. The quantitative estimate of drug-likeness (QED) is 0.265. The van der Waals surface area contributed by atoms with Crippen molar-refractivity contribution in [2.75, 3.05) is 0 Å². The maximum absolute atomic E-state index is 6.22. The van der Waals surface area contributed by atoms with Crippen molar-refractivity contribution in [3.8, 4) is 11.3 Å². The molecule has 5 heterocycles. The highest BCUT2D eigenvalue weighted by molar-refractivity contribution is 6.25. The molecule has 0 unspecified atom stereocenters. The van der Waals surface area contributed by atoms with Crippen LogP contribution in [0.3, 0.4) is 0 Å². The molecule has 0 spiro atoms. The number of nitrogens with zero attached hydrogens (tertiary/aromatic N) is 3. The Morgan fingerprint density at radius 1 is 0.686 bits per heavy atom. The van der Waals surface area contributed by atoms with Gasteiger partial charge in [0.05, 0.1) is 16.7 Å². The first-order valence-electron chi connectivity index (χ1n) is 12.0. The average molecular weight is 452 g/mol. The molecule has 3 aromatic carbocycles. The van der Waals surface area contributed by atoms with E-state index in [1.807, 2.05) is 24.5 Å². The molecule has 8 rings (SSSR count). The van der Waals surface area contributed by atoms with Gasteiger partial charge in [-0.2, -0.15) is 0 Å². The first kappa shape index (κ1) is 18.9.